The summed E-state index contributed by atoms with van der Waals surface area (Å²) in [7, 11) is 0. The Kier molecular flexibility index (Phi) is 2.77. The van der Waals surface area contributed by atoms with E-state index in [-0.39, 0.29) is 13.2 Å². The van der Waals surface area contributed by atoms with Crippen molar-refractivity contribution in [2.75, 3.05) is 19.8 Å². The number of ether oxygens (including phenoxy) is 2. The topological polar surface area (TPSA) is 35.5 Å². The molecule has 4 aliphatic rings. The van der Waals surface area contributed by atoms with E-state index in [9.17, 15) is 13.6 Å². The molecule has 0 amide bonds. The summed E-state index contributed by atoms with van der Waals surface area (Å²) in [6, 6.07) is 0. The predicted molar refractivity (Wildman–Crippen MR) is 70.8 cm³/mol. The molecule has 5 unspecified atom stereocenters. The van der Waals surface area contributed by atoms with Crippen LogP contribution in [0.3, 0.4) is 0 Å². The molecule has 0 radical (unpaired) electrons. The van der Waals surface area contributed by atoms with E-state index in [4.69, 9.17) is 4.74 Å². The number of hydrogen-bond donors (Lipinski definition) is 0. The summed E-state index contributed by atoms with van der Waals surface area (Å²) in [6.45, 7) is 1.41. The Morgan fingerprint density at radius 1 is 1.19 bits per heavy atom. The van der Waals surface area contributed by atoms with Crippen LogP contribution < -0.4 is 0 Å². The molecule has 4 rings (SSSR count). The van der Waals surface area contributed by atoms with Gasteiger partial charge >= 0.3 is 11.9 Å². The van der Waals surface area contributed by atoms with Gasteiger partial charge in [-0.3, -0.25) is 0 Å². The van der Waals surface area contributed by atoms with Gasteiger partial charge in [0.25, 0.3) is 0 Å². The molecule has 2 bridgehead atoms. The molecule has 5 heteroatoms. The molecule has 4 fully saturated rings. The van der Waals surface area contributed by atoms with Gasteiger partial charge in [0.2, 0.25) is 0 Å². The molecule has 4 aliphatic carbocycles. The molecule has 3 nitrogen and oxygen atoms in total. The summed E-state index contributed by atoms with van der Waals surface area (Å²) in [5.74, 6) is -2.14. The second-order valence-corrected chi connectivity index (χ2v) is 7.74. The molecule has 118 valence electrons. The molecule has 0 aromatic rings. The van der Waals surface area contributed by atoms with E-state index in [0.717, 1.165) is 24.4 Å². The lowest BCUT2D eigenvalue weighted by molar-refractivity contribution is -0.263. The number of alkyl halides is 2. The van der Waals surface area contributed by atoms with E-state index in [0.29, 0.717) is 17.8 Å². The van der Waals surface area contributed by atoms with Crippen LogP contribution in [0.25, 0.3) is 0 Å². The highest BCUT2D eigenvalue weighted by Crippen LogP contribution is 2.86. The fourth-order valence-electron chi connectivity index (χ4n) is 6.24. The average molecular weight is 300 g/mol. The van der Waals surface area contributed by atoms with E-state index in [1.165, 1.54) is 32.1 Å². The number of carbonyl (C=O) groups is 1. The van der Waals surface area contributed by atoms with Crippen LogP contribution in [0, 0.1) is 28.6 Å². The molecule has 0 N–H and O–H groups in total. The maximum absolute atomic E-state index is 12.6. The Labute approximate surface area is 123 Å². The summed E-state index contributed by atoms with van der Waals surface area (Å²) in [6.07, 6.45) is 6.80. The molecule has 1 spiro atoms. The van der Waals surface area contributed by atoms with Crippen LogP contribution in [0.4, 0.5) is 8.78 Å². The first-order valence-electron chi connectivity index (χ1n) is 8.00. The number of carbonyl (C=O) groups excluding carboxylic acids is 1. The van der Waals surface area contributed by atoms with Crippen molar-refractivity contribution in [3.05, 3.63) is 0 Å². The molecule has 21 heavy (non-hydrogen) atoms. The highest BCUT2D eigenvalue weighted by atomic mass is 19.3. The van der Waals surface area contributed by atoms with Crippen molar-refractivity contribution in [1.29, 1.82) is 0 Å². The van der Waals surface area contributed by atoms with Crippen LogP contribution in [0.15, 0.2) is 0 Å². The molecule has 4 saturated carbocycles. The zero-order chi connectivity index (χ0) is 14.9. The third-order valence-electron chi connectivity index (χ3n) is 6.77. The van der Waals surface area contributed by atoms with E-state index >= 15 is 0 Å². The Morgan fingerprint density at radius 2 is 2.00 bits per heavy atom. The molecule has 0 heterocycles. The van der Waals surface area contributed by atoms with Gasteiger partial charge in [-0.15, -0.1) is 0 Å². The van der Waals surface area contributed by atoms with Crippen LogP contribution in [0.2, 0.25) is 0 Å². The first-order valence-corrected chi connectivity index (χ1v) is 8.00. The number of fused-ring (bicyclic) bond motifs is 1. The largest absolute Gasteiger partial charge is 0.459 e. The maximum Gasteiger partial charge on any atom is 0.376 e. The van der Waals surface area contributed by atoms with Crippen LogP contribution in [-0.4, -0.2) is 31.7 Å². The molecule has 0 aromatic heterocycles. The van der Waals surface area contributed by atoms with Crippen molar-refractivity contribution >= 4 is 5.97 Å². The molecule has 0 saturated heterocycles. The van der Waals surface area contributed by atoms with Crippen LogP contribution in [0.5, 0.6) is 0 Å². The van der Waals surface area contributed by atoms with Gasteiger partial charge in [-0.1, -0.05) is 0 Å². The number of rotatable bonds is 6. The summed E-state index contributed by atoms with van der Waals surface area (Å²) >= 11 is 0. The van der Waals surface area contributed by atoms with Gasteiger partial charge in [0, 0.05) is 12.3 Å². The van der Waals surface area contributed by atoms with E-state index in [2.05, 4.69) is 4.74 Å². The van der Waals surface area contributed by atoms with Crippen molar-refractivity contribution in [3.8, 4) is 0 Å². The molecular formula is C16H22F2O3. The zero-order valence-corrected chi connectivity index (χ0v) is 12.4. The van der Waals surface area contributed by atoms with Crippen molar-refractivity contribution < 1.29 is 23.0 Å². The summed E-state index contributed by atoms with van der Waals surface area (Å²) in [5, 5.41) is 0. The van der Waals surface area contributed by atoms with Gasteiger partial charge < -0.3 is 9.47 Å². The highest BCUT2D eigenvalue weighted by molar-refractivity contribution is 5.76. The lowest BCUT2D eigenvalue weighted by Crippen LogP contribution is -2.68. The van der Waals surface area contributed by atoms with Gasteiger partial charge in [0.1, 0.15) is 6.61 Å². The molecule has 0 aromatic carbocycles. The second-order valence-electron chi connectivity index (χ2n) is 7.74. The minimum Gasteiger partial charge on any atom is -0.459 e. The maximum atomic E-state index is 12.6. The lowest BCUT2D eigenvalue weighted by Gasteiger charge is -2.73. The van der Waals surface area contributed by atoms with Crippen LogP contribution in [-0.2, 0) is 14.3 Å². The minimum absolute atomic E-state index is 0.0817. The number of hydrogen-bond acceptors (Lipinski definition) is 3. The van der Waals surface area contributed by atoms with Gasteiger partial charge in [-0.05, 0) is 55.3 Å². The molecule has 5 atom stereocenters. The Morgan fingerprint density at radius 3 is 2.67 bits per heavy atom. The van der Waals surface area contributed by atoms with Crippen molar-refractivity contribution in [1.82, 2.24) is 0 Å². The first kappa shape index (κ1) is 13.9. The lowest BCUT2D eigenvalue weighted by atomic mass is 9.32. The summed E-state index contributed by atoms with van der Waals surface area (Å²) in [4.78, 5) is 10.9. The van der Waals surface area contributed by atoms with Crippen molar-refractivity contribution in [2.24, 2.45) is 28.6 Å². The van der Waals surface area contributed by atoms with Crippen molar-refractivity contribution in [3.63, 3.8) is 0 Å². The third-order valence-corrected chi connectivity index (χ3v) is 6.77. The highest BCUT2D eigenvalue weighted by Gasteiger charge is 2.80. The van der Waals surface area contributed by atoms with E-state index in [1.54, 1.807) is 0 Å². The normalized spacial score (nSPS) is 45.8. The van der Waals surface area contributed by atoms with Gasteiger partial charge in [-0.25, -0.2) is 4.79 Å². The summed E-state index contributed by atoms with van der Waals surface area (Å²) < 4.78 is 35.5. The Hall–Kier alpha value is -0.710. The minimum atomic E-state index is -3.41. The quantitative estimate of drug-likeness (QED) is 0.559. The Balaban J connectivity index is 1.24. The molecule has 0 aliphatic heterocycles. The number of esters is 1. The zero-order valence-electron chi connectivity index (χ0n) is 12.4. The third kappa shape index (κ3) is 1.70. The molecular weight excluding hydrogens is 278 g/mol. The van der Waals surface area contributed by atoms with Crippen molar-refractivity contribution in [2.45, 2.75) is 45.0 Å². The second kappa shape index (κ2) is 4.18. The average Bonchev–Trinajstić information content (AvgIpc) is 2.85. The number of halogens is 2. The van der Waals surface area contributed by atoms with E-state index < -0.39 is 11.9 Å². The fourth-order valence-corrected chi connectivity index (χ4v) is 6.24. The fraction of sp³-hybridized carbons (Fsp3) is 0.938. The van der Waals surface area contributed by atoms with Crippen LogP contribution in [0.1, 0.15) is 39.0 Å². The SMILES string of the molecule is CC(F)(F)C(=O)OCCOCC12CC3CC4CC(C1)C42C3. The predicted octanol–water partition coefficient (Wildman–Crippen LogP) is 3.03. The van der Waals surface area contributed by atoms with Crippen LogP contribution >= 0.6 is 0 Å². The van der Waals surface area contributed by atoms with Gasteiger partial charge in [0.15, 0.2) is 0 Å². The monoisotopic (exact) mass is 300 g/mol. The Bertz CT molecular complexity index is 475. The van der Waals surface area contributed by atoms with Gasteiger partial charge in [0.05, 0.1) is 13.2 Å². The smallest absolute Gasteiger partial charge is 0.376 e. The standard InChI is InChI=1S/C16H22F2O3/c1-14(17,18)13(19)21-3-2-20-9-15-6-10-4-11-5-12(8-15)16(11,15)7-10/h10-12H,2-9H2,1H3. The first-order chi connectivity index (χ1) is 9.87. The van der Waals surface area contributed by atoms with E-state index in [1.807, 2.05) is 0 Å². The van der Waals surface area contributed by atoms with Gasteiger partial charge in [-0.2, -0.15) is 8.78 Å². The summed E-state index contributed by atoms with van der Waals surface area (Å²) in [5.41, 5.74) is 0.937.